The Balaban J connectivity index is 0.000000232. The van der Waals surface area contributed by atoms with Gasteiger partial charge in [0.05, 0.1) is 37.6 Å². The number of amides is 2. The molecule has 2 fully saturated rings. The molecular formula is C46H58N2O13. The molecule has 4 heterocycles. The van der Waals surface area contributed by atoms with Gasteiger partial charge in [0.1, 0.15) is 35.2 Å². The lowest BCUT2D eigenvalue weighted by molar-refractivity contribution is -0.152. The number of nitrogens with one attached hydrogen (secondary N) is 2. The zero-order valence-electron chi connectivity index (χ0n) is 36.3. The highest BCUT2D eigenvalue weighted by atomic mass is 16.8. The van der Waals surface area contributed by atoms with E-state index in [1.807, 2.05) is 19.9 Å². The number of carbonyl (C=O) groups is 4. The molecule has 0 saturated carbocycles. The van der Waals surface area contributed by atoms with E-state index in [1.165, 1.54) is 32.4 Å². The van der Waals surface area contributed by atoms with Gasteiger partial charge in [-0.15, -0.1) is 0 Å². The van der Waals surface area contributed by atoms with E-state index in [-0.39, 0.29) is 47.7 Å². The Kier molecular flexibility index (Phi) is 15.7. The van der Waals surface area contributed by atoms with E-state index in [4.69, 9.17) is 37.9 Å². The van der Waals surface area contributed by atoms with Gasteiger partial charge in [0.25, 0.3) is 11.8 Å². The first kappa shape index (κ1) is 46.7. The van der Waals surface area contributed by atoms with Crippen LogP contribution in [0.25, 0.3) is 12.2 Å². The Morgan fingerprint density at radius 2 is 1.07 bits per heavy atom. The predicted molar refractivity (Wildman–Crippen MR) is 226 cm³/mol. The molecule has 2 amide bonds. The molecule has 0 radical (unpaired) electrons. The highest BCUT2D eigenvalue weighted by Crippen LogP contribution is 2.35. The van der Waals surface area contributed by atoms with Gasteiger partial charge in [-0.2, -0.15) is 0 Å². The number of fused-ring (bicyclic) bond motifs is 4. The second kappa shape index (κ2) is 20.5. The number of ether oxygens (including phenoxy) is 8. The van der Waals surface area contributed by atoms with Crippen LogP contribution in [0.5, 0.6) is 23.0 Å². The summed E-state index contributed by atoms with van der Waals surface area (Å²) in [5.41, 5.74) is 1.68. The normalized spacial score (nSPS) is 28.3. The Morgan fingerprint density at radius 3 is 1.54 bits per heavy atom. The standard InChI is InChI=1S/C24H31NO7.C22H27NO6/c1-15-8-6-10-18(26)22-19(31-24(2,3)32-22)11-7-9-16-12-17(29-5)13-20(30-14-28-4)21(16)23(27)25-15;1-13-7-5-9-16(24)20-18(28-22(2,3)29-20)10-6-8-14-11-15(27-4)12-17(25)19(14)21(26)23-13/h6-7,9-10,12-13,15,19,22H,8,11,14H2,1-5H3,(H,25,27);5-6,8-9,11-13,18,20,25H,7,10H2,1-4H3,(H,23,26)/b9-7+,10-6-;8-6+,9-5-/t15-,19-,22+;13-,18-,20+/m00/s1. The molecule has 4 aliphatic rings. The second-order valence-corrected chi connectivity index (χ2v) is 16.0. The number of rotatable bonds is 5. The van der Waals surface area contributed by atoms with E-state index >= 15 is 0 Å². The molecule has 330 valence electrons. The molecular weight excluding hydrogens is 789 g/mol. The maximum Gasteiger partial charge on any atom is 0.255 e. The van der Waals surface area contributed by atoms with Gasteiger partial charge >= 0.3 is 0 Å². The maximum atomic E-state index is 13.2. The molecule has 0 bridgehead atoms. The summed E-state index contributed by atoms with van der Waals surface area (Å²) in [6.45, 7) is 10.8. The number of hydrogen-bond donors (Lipinski definition) is 3. The molecule has 0 unspecified atom stereocenters. The first-order chi connectivity index (χ1) is 28.9. The van der Waals surface area contributed by atoms with E-state index in [0.29, 0.717) is 59.6 Å². The van der Waals surface area contributed by atoms with E-state index in [2.05, 4.69) is 10.6 Å². The van der Waals surface area contributed by atoms with Crippen LogP contribution in [-0.4, -0.2) is 105 Å². The topological polar surface area (TPSA) is 186 Å². The molecule has 0 aliphatic carbocycles. The van der Waals surface area contributed by atoms with E-state index in [0.717, 1.165) is 0 Å². The first-order valence-corrected chi connectivity index (χ1v) is 20.3. The number of hydrogen-bond acceptors (Lipinski definition) is 13. The van der Waals surface area contributed by atoms with Crippen LogP contribution in [-0.2, 0) is 33.3 Å². The fourth-order valence-corrected chi connectivity index (χ4v) is 7.29. The molecule has 2 aromatic carbocycles. The minimum Gasteiger partial charge on any atom is -0.507 e. The lowest BCUT2D eigenvalue weighted by atomic mass is 10.0. The summed E-state index contributed by atoms with van der Waals surface area (Å²) in [6.07, 6.45) is 13.1. The summed E-state index contributed by atoms with van der Waals surface area (Å²) in [5, 5.41) is 16.2. The minimum atomic E-state index is -0.856. The third kappa shape index (κ3) is 12.4. The fraction of sp³-hybridized carbons (Fsp3) is 0.478. The average molecular weight is 847 g/mol. The summed E-state index contributed by atoms with van der Waals surface area (Å²) >= 11 is 0. The van der Waals surface area contributed by atoms with Crippen molar-refractivity contribution in [2.75, 3.05) is 28.1 Å². The number of benzene rings is 2. The Bertz CT molecular complexity index is 2050. The van der Waals surface area contributed by atoms with Gasteiger partial charge in [0.2, 0.25) is 0 Å². The summed E-state index contributed by atoms with van der Waals surface area (Å²) < 4.78 is 44.8. The number of ketones is 2. The van der Waals surface area contributed by atoms with Crippen molar-refractivity contribution < 1.29 is 62.2 Å². The van der Waals surface area contributed by atoms with Crippen molar-refractivity contribution in [3.8, 4) is 23.0 Å². The molecule has 6 rings (SSSR count). The predicted octanol–water partition coefficient (Wildman–Crippen LogP) is 6.22. The SMILES string of the molecule is COCOc1cc(OC)cc2c1C(=O)N[C@@H](C)C/C=C\C(=O)[C@H]1OC(C)(C)O[C@H]1C/C=C/2.COc1cc(O)c2c(c1)/C=C/C[C@@H]1OC(C)(C)O[C@@H]1C(=O)/C=C\C[C@H](C)NC2=O. The molecule has 2 aromatic rings. The van der Waals surface area contributed by atoms with E-state index < -0.39 is 41.9 Å². The van der Waals surface area contributed by atoms with Crippen LogP contribution in [0.3, 0.4) is 0 Å². The largest absolute Gasteiger partial charge is 0.507 e. The van der Waals surface area contributed by atoms with Crippen molar-refractivity contribution in [2.24, 2.45) is 0 Å². The Hall–Kier alpha value is -5.32. The Labute approximate surface area is 357 Å². The smallest absolute Gasteiger partial charge is 0.255 e. The van der Waals surface area contributed by atoms with Crippen molar-refractivity contribution in [3.63, 3.8) is 0 Å². The Morgan fingerprint density at radius 1 is 0.623 bits per heavy atom. The average Bonchev–Trinajstić information content (AvgIpc) is 3.68. The highest BCUT2D eigenvalue weighted by Gasteiger charge is 2.44. The number of phenolic OH excluding ortho intramolecular Hbond substituents is 1. The fourth-order valence-electron chi connectivity index (χ4n) is 7.29. The monoisotopic (exact) mass is 846 g/mol. The molecule has 3 N–H and O–H groups in total. The number of methoxy groups -OCH3 is 3. The second-order valence-electron chi connectivity index (χ2n) is 16.0. The number of phenols is 1. The van der Waals surface area contributed by atoms with Crippen molar-refractivity contribution in [1.82, 2.24) is 10.6 Å². The number of carbonyl (C=O) groups excluding carboxylic acids is 4. The van der Waals surface area contributed by atoms with Crippen LogP contribution < -0.4 is 24.8 Å². The van der Waals surface area contributed by atoms with Crippen molar-refractivity contribution >= 4 is 35.5 Å². The molecule has 61 heavy (non-hydrogen) atoms. The van der Waals surface area contributed by atoms with Crippen molar-refractivity contribution in [2.45, 2.75) is 115 Å². The van der Waals surface area contributed by atoms with E-state index in [9.17, 15) is 24.3 Å². The molecule has 0 spiro atoms. The van der Waals surface area contributed by atoms with Crippen LogP contribution in [0.15, 0.2) is 60.7 Å². The van der Waals surface area contributed by atoms with E-state index in [1.54, 1.807) is 83.4 Å². The zero-order chi connectivity index (χ0) is 44.5. The summed E-state index contributed by atoms with van der Waals surface area (Å²) in [7, 11) is 4.55. The molecule has 2 saturated heterocycles. The number of aromatic hydroxyl groups is 1. The lowest BCUT2D eigenvalue weighted by Gasteiger charge is -2.18. The van der Waals surface area contributed by atoms with Gasteiger partial charge in [0.15, 0.2) is 29.9 Å². The molecule has 4 aliphatic heterocycles. The van der Waals surface area contributed by atoms with Gasteiger partial charge in [-0.25, -0.2) is 0 Å². The van der Waals surface area contributed by atoms with Crippen LogP contribution in [0.1, 0.15) is 99.1 Å². The van der Waals surface area contributed by atoms with Gasteiger partial charge in [-0.05, 0) is 103 Å². The molecule has 6 atom stereocenters. The van der Waals surface area contributed by atoms with Crippen LogP contribution >= 0.6 is 0 Å². The summed E-state index contributed by atoms with van der Waals surface area (Å²) in [5.74, 6) is -1.54. The maximum absolute atomic E-state index is 13.2. The van der Waals surface area contributed by atoms with Crippen molar-refractivity contribution in [1.29, 1.82) is 0 Å². The third-order valence-electron chi connectivity index (χ3n) is 10.0. The van der Waals surface area contributed by atoms with Gasteiger partial charge in [0, 0.05) is 31.3 Å². The van der Waals surface area contributed by atoms with Gasteiger partial charge < -0.3 is 53.6 Å². The highest BCUT2D eigenvalue weighted by molar-refractivity contribution is 6.02. The zero-order valence-corrected chi connectivity index (χ0v) is 36.3. The molecule has 15 heteroatoms. The third-order valence-corrected chi connectivity index (χ3v) is 10.0. The summed E-state index contributed by atoms with van der Waals surface area (Å²) in [6, 6.07) is 6.06. The van der Waals surface area contributed by atoms with Crippen LogP contribution in [0.2, 0.25) is 0 Å². The first-order valence-electron chi connectivity index (χ1n) is 20.3. The minimum absolute atomic E-state index is 0.0129. The van der Waals surface area contributed by atoms with Gasteiger partial charge in [-0.1, -0.05) is 36.5 Å². The van der Waals surface area contributed by atoms with Gasteiger partial charge in [-0.3, -0.25) is 19.2 Å². The molecule has 0 aromatic heterocycles. The lowest BCUT2D eigenvalue weighted by Crippen LogP contribution is -2.33. The van der Waals surface area contributed by atoms with Crippen LogP contribution in [0, 0.1) is 0 Å². The van der Waals surface area contributed by atoms with Crippen LogP contribution in [0.4, 0.5) is 0 Å². The summed E-state index contributed by atoms with van der Waals surface area (Å²) in [4.78, 5) is 51.2. The quantitative estimate of drug-likeness (QED) is 0.288. The molecule has 15 nitrogen and oxygen atoms in total. The van der Waals surface area contributed by atoms with Crippen molar-refractivity contribution in [3.05, 3.63) is 83.0 Å².